The van der Waals surface area contributed by atoms with Gasteiger partial charge in [0.2, 0.25) is 0 Å². The molecule has 0 aromatic carbocycles. The fourth-order valence-electron chi connectivity index (χ4n) is 2.57. The number of aromatic nitrogens is 2. The number of rotatable bonds is 3. The number of hydrogen-bond donors (Lipinski definition) is 1. The molecule has 0 fully saturated rings. The SMILES string of the molecule is CC(=O)CSc1nc2sc3c(c2c(=O)[nH]1)CCC(C)C3. The summed E-state index contributed by atoms with van der Waals surface area (Å²) in [6.45, 7) is 3.79. The van der Waals surface area contributed by atoms with E-state index in [2.05, 4.69) is 16.9 Å². The highest BCUT2D eigenvalue weighted by molar-refractivity contribution is 7.99. The summed E-state index contributed by atoms with van der Waals surface area (Å²) < 4.78 is 0. The van der Waals surface area contributed by atoms with Gasteiger partial charge < -0.3 is 4.98 Å². The Balaban J connectivity index is 2.05. The number of aryl methyl sites for hydroxylation is 1. The quantitative estimate of drug-likeness (QED) is 0.699. The van der Waals surface area contributed by atoms with Crippen molar-refractivity contribution in [3.05, 3.63) is 20.8 Å². The van der Waals surface area contributed by atoms with E-state index in [0.29, 0.717) is 16.8 Å². The Morgan fingerprint density at radius 2 is 2.35 bits per heavy atom. The number of nitrogens with one attached hydrogen (secondary N) is 1. The molecule has 4 nitrogen and oxygen atoms in total. The van der Waals surface area contributed by atoms with E-state index >= 15 is 0 Å². The summed E-state index contributed by atoms with van der Waals surface area (Å²) in [7, 11) is 0. The molecule has 2 heterocycles. The van der Waals surface area contributed by atoms with E-state index in [9.17, 15) is 9.59 Å². The molecule has 0 aliphatic heterocycles. The average Bonchev–Trinajstić information content (AvgIpc) is 2.73. The van der Waals surface area contributed by atoms with Gasteiger partial charge in [0.1, 0.15) is 10.6 Å². The van der Waals surface area contributed by atoms with Crippen molar-refractivity contribution < 1.29 is 4.79 Å². The van der Waals surface area contributed by atoms with Crippen molar-refractivity contribution in [2.75, 3.05) is 5.75 Å². The number of thiophene rings is 1. The second kappa shape index (κ2) is 5.33. The van der Waals surface area contributed by atoms with Gasteiger partial charge in [-0.3, -0.25) is 9.59 Å². The van der Waals surface area contributed by atoms with Crippen molar-refractivity contribution in [1.82, 2.24) is 9.97 Å². The third-order valence-electron chi connectivity index (χ3n) is 3.56. The smallest absolute Gasteiger partial charge is 0.260 e. The maximum atomic E-state index is 12.3. The predicted molar refractivity (Wildman–Crippen MR) is 82.8 cm³/mol. The zero-order valence-electron chi connectivity index (χ0n) is 11.5. The number of aromatic amines is 1. The topological polar surface area (TPSA) is 62.8 Å². The van der Waals surface area contributed by atoms with Crippen LogP contribution in [0.25, 0.3) is 10.2 Å². The fraction of sp³-hybridized carbons (Fsp3) is 0.500. The van der Waals surface area contributed by atoms with E-state index in [1.54, 1.807) is 11.3 Å². The third-order valence-corrected chi connectivity index (χ3v) is 5.72. The highest BCUT2D eigenvalue weighted by Crippen LogP contribution is 2.36. The number of carbonyl (C=O) groups is 1. The maximum absolute atomic E-state index is 12.3. The molecule has 20 heavy (non-hydrogen) atoms. The first-order valence-electron chi connectivity index (χ1n) is 6.71. The minimum atomic E-state index is -0.0619. The van der Waals surface area contributed by atoms with E-state index < -0.39 is 0 Å². The van der Waals surface area contributed by atoms with Crippen molar-refractivity contribution in [1.29, 1.82) is 0 Å². The molecule has 1 aliphatic rings. The number of nitrogens with zero attached hydrogens (tertiary/aromatic N) is 1. The molecule has 1 aliphatic carbocycles. The number of fused-ring (bicyclic) bond motifs is 3. The first-order chi connectivity index (χ1) is 9.54. The Labute approximate surface area is 125 Å². The Bertz CT molecular complexity index is 733. The summed E-state index contributed by atoms with van der Waals surface area (Å²) in [5, 5.41) is 1.31. The Kier molecular flexibility index (Phi) is 3.69. The van der Waals surface area contributed by atoms with Crippen LogP contribution in [0.15, 0.2) is 9.95 Å². The van der Waals surface area contributed by atoms with E-state index in [1.807, 2.05) is 0 Å². The van der Waals surface area contributed by atoms with Crippen LogP contribution in [0.2, 0.25) is 0 Å². The van der Waals surface area contributed by atoms with Crippen molar-refractivity contribution in [2.45, 2.75) is 38.3 Å². The second-order valence-corrected chi connectivity index (χ2v) is 7.44. The maximum Gasteiger partial charge on any atom is 0.260 e. The van der Waals surface area contributed by atoms with Crippen molar-refractivity contribution in [2.24, 2.45) is 5.92 Å². The number of ketones is 1. The monoisotopic (exact) mass is 308 g/mol. The molecule has 106 valence electrons. The van der Waals surface area contributed by atoms with Gasteiger partial charge in [-0.15, -0.1) is 11.3 Å². The molecule has 0 spiro atoms. The summed E-state index contributed by atoms with van der Waals surface area (Å²) in [4.78, 5) is 32.7. The zero-order chi connectivity index (χ0) is 14.3. The molecule has 0 amide bonds. The lowest BCUT2D eigenvalue weighted by Gasteiger charge is -2.17. The number of carbonyl (C=O) groups excluding carboxylic acids is 1. The number of hydrogen-bond acceptors (Lipinski definition) is 5. The first-order valence-corrected chi connectivity index (χ1v) is 8.51. The lowest BCUT2D eigenvalue weighted by molar-refractivity contribution is -0.114. The normalized spacial score (nSPS) is 18.2. The van der Waals surface area contributed by atoms with Crippen LogP contribution in [0.1, 0.15) is 30.7 Å². The molecule has 2 aromatic rings. The van der Waals surface area contributed by atoms with Crippen LogP contribution in [0.4, 0.5) is 0 Å². The molecule has 6 heteroatoms. The van der Waals surface area contributed by atoms with Gasteiger partial charge in [-0.1, -0.05) is 18.7 Å². The zero-order valence-corrected chi connectivity index (χ0v) is 13.1. The van der Waals surface area contributed by atoms with E-state index in [-0.39, 0.29) is 11.3 Å². The summed E-state index contributed by atoms with van der Waals surface area (Å²) in [5.41, 5.74) is 1.13. The molecule has 0 saturated heterocycles. The molecule has 0 radical (unpaired) electrons. The van der Waals surface area contributed by atoms with Gasteiger partial charge in [-0.05, 0) is 37.7 Å². The van der Waals surface area contributed by atoms with Crippen molar-refractivity contribution in [3.8, 4) is 0 Å². The molecule has 0 bridgehead atoms. The van der Waals surface area contributed by atoms with Crippen LogP contribution in [-0.2, 0) is 17.6 Å². The highest BCUT2D eigenvalue weighted by atomic mass is 32.2. The molecular formula is C14H16N2O2S2. The lowest BCUT2D eigenvalue weighted by Crippen LogP contribution is -2.13. The Morgan fingerprint density at radius 1 is 1.55 bits per heavy atom. The summed E-state index contributed by atoms with van der Waals surface area (Å²) in [6, 6.07) is 0. The Hall–Kier alpha value is -1.14. The molecule has 1 atom stereocenters. The van der Waals surface area contributed by atoms with Gasteiger partial charge in [-0.25, -0.2) is 4.98 Å². The van der Waals surface area contributed by atoms with Gasteiger partial charge >= 0.3 is 0 Å². The van der Waals surface area contributed by atoms with Crippen LogP contribution >= 0.6 is 23.1 Å². The van der Waals surface area contributed by atoms with Gasteiger partial charge in [-0.2, -0.15) is 0 Å². The van der Waals surface area contributed by atoms with Gasteiger partial charge in [0, 0.05) is 4.88 Å². The van der Waals surface area contributed by atoms with E-state index in [0.717, 1.165) is 29.5 Å². The molecule has 1 unspecified atom stereocenters. The minimum Gasteiger partial charge on any atom is -0.301 e. The van der Waals surface area contributed by atoms with Crippen LogP contribution in [0.5, 0.6) is 0 Å². The summed E-state index contributed by atoms with van der Waals surface area (Å²) >= 11 is 2.93. The second-order valence-electron chi connectivity index (χ2n) is 5.39. The average molecular weight is 308 g/mol. The first kappa shape index (κ1) is 13.8. The van der Waals surface area contributed by atoms with Crippen LogP contribution < -0.4 is 5.56 Å². The number of H-pyrrole nitrogens is 1. The molecule has 3 rings (SSSR count). The van der Waals surface area contributed by atoms with Crippen LogP contribution in [0, 0.1) is 5.92 Å². The van der Waals surface area contributed by atoms with E-state index in [1.165, 1.54) is 29.1 Å². The van der Waals surface area contributed by atoms with Gasteiger partial charge in [0.15, 0.2) is 5.16 Å². The molecule has 1 N–H and O–H groups in total. The van der Waals surface area contributed by atoms with Crippen molar-refractivity contribution in [3.63, 3.8) is 0 Å². The van der Waals surface area contributed by atoms with Crippen LogP contribution in [-0.4, -0.2) is 21.5 Å². The summed E-state index contributed by atoms with van der Waals surface area (Å²) in [5.74, 6) is 1.11. The molecular weight excluding hydrogens is 292 g/mol. The number of thioether (sulfide) groups is 1. The highest BCUT2D eigenvalue weighted by Gasteiger charge is 2.23. The fourth-order valence-corrected chi connectivity index (χ4v) is 4.67. The Morgan fingerprint density at radius 3 is 3.10 bits per heavy atom. The molecule has 0 saturated carbocycles. The summed E-state index contributed by atoms with van der Waals surface area (Å²) in [6.07, 6.45) is 3.16. The standard InChI is InChI=1S/C14H16N2O2S2/c1-7-3-4-9-10(5-7)20-13-11(9)12(18)15-14(16-13)19-6-8(2)17/h7H,3-6H2,1-2H3,(H,15,16,18). The largest absolute Gasteiger partial charge is 0.301 e. The third kappa shape index (κ3) is 2.54. The van der Waals surface area contributed by atoms with Gasteiger partial charge in [0.25, 0.3) is 5.56 Å². The minimum absolute atomic E-state index is 0.0619. The lowest BCUT2D eigenvalue weighted by atomic mass is 9.89. The number of Topliss-reactive ketones (excluding diaryl/α,β-unsaturated/α-hetero) is 1. The van der Waals surface area contributed by atoms with E-state index in [4.69, 9.17) is 0 Å². The van der Waals surface area contributed by atoms with Gasteiger partial charge in [0.05, 0.1) is 11.1 Å². The van der Waals surface area contributed by atoms with Crippen molar-refractivity contribution >= 4 is 39.1 Å². The molecule has 2 aromatic heterocycles. The van der Waals surface area contributed by atoms with Crippen LogP contribution in [0.3, 0.4) is 0 Å². The predicted octanol–water partition coefficient (Wildman–Crippen LogP) is 2.79.